The van der Waals surface area contributed by atoms with Gasteiger partial charge in [0.1, 0.15) is 5.75 Å². The summed E-state index contributed by atoms with van der Waals surface area (Å²) in [6.45, 7) is 1.83. The molecule has 0 unspecified atom stereocenters. The van der Waals surface area contributed by atoms with E-state index >= 15 is 0 Å². The van der Waals surface area contributed by atoms with Gasteiger partial charge in [-0.25, -0.2) is 0 Å². The van der Waals surface area contributed by atoms with Crippen molar-refractivity contribution in [1.82, 2.24) is 14.8 Å². The highest BCUT2D eigenvalue weighted by atomic mass is 35.5. The van der Waals surface area contributed by atoms with E-state index in [0.717, 1.165) is 17.0 Å². The van der Waals surface area contributed by atoms with Crippen molar-refractivity contribution in [3.05, 3.63) is 53.6 Å². The Labute approximate surface area is 155 Å². The number of benzene rings is 2. The van der Waals surface area contributed by atoms with Crippen molar-refractivity contribution in [2.45, 2.75) is 17.3 Å². The summed E-state index contributed by atoms with van der Waals surface area (Å²) in [6, 6.07) is 17.3. The van der Waals surface area contributed by atoms with Crippen LogP contribution in [-0.2, 0) is 0 Å². The Morgan fingerprint density at radius 3 is 2.52 bits per heavy atom. The molecule has 3 rings (SSSR count). The van der Waals surface area contributed by atoms with Gasteiger partial charge in [0, 0.05) is 11.3 Å². The number of methoxy groups -OCH3 is 1. The number of nitriles is 1. The van der Waals surface area contributed by atoms with Gasteiger partial charge >= 0.3 is 0 Å². The zero-order valence-corrected chi connectivity index (χ0v) is 15.3. The molecular formula is C18H15ClN4OS. The average molecular weight is 371 g/mol. The molecule has 1 atom stereocenters. The molecule has 3 aromatic rings. The van der Waals surface area contributed by atoms with Crippen LogP contribution in [-0.4, -0.2) is 27.1 Å². The van der Waals surface area contributed by atoms with Gasteiger partial charge in [-0.05, 0) is 43.3 Å². The number of ether oxygens (including phenoxy) is 1. The number of hydrogen-bond acceptors (Lipinski definition) is 5. The van der Waals surface area contributed by atoms with Gasteiger partial charge in [0.05, 0.1) is 23.5 Å². The fraction of sp³-hybridized carbons (Fsp3) is 0.167. The summed E-state index contributed by atoms with van der Waals surface area (Å²) in [5, 5.41) is 18.7. The molecule has 0 spiro atoms. The summed E-state index contributed by atoms with van der Waals surface area (Å²) in [7, 11) is 1.62. The summed E-state index contributed by atoms with van der Waals surface area (Å²) in [5.74, 6) is 1.39. The van der Waals surface area contributed by atoms with Crippen LogP contribution in [0.4, 0.5) is 0 Å². The fourth-order valence-electron chi connectivity index (χ4n) is 2.31. The third-order valence-electron chi connectivity index (χ3n) is 3.54. The van der Waals surface area contributed by atoms with E-state index < -0.39 is 0 Å². The standard InChI is InChI=1S/C18H15ClN4OS/c1-12(11-20)25-18-22-21-17(15-5-3-4-6-16(15)19)23(18)13-7-9-14(24-2)10-8-13/h3-10,12H,1-2H3/t12-/m1/s1. The van der Waals surface area contributed by atoms with Crippen LogP contribution in [0.2, 0.25) is 5.02 Å². The van der Waals surface area contributed by atoms with Gasteiger partial charge in [-0.1, -0.05) is 35.5 Å². The van der Waals surface area contributed by atoms with Crippen molar-refractivity contribution in [1.29, 1.82) is 5.26 Å². The third kappa shape index (κ3) is 3.63. The highest BCUT2D eigenvalue weighted by molar-refractivity contribution is 8.00. The van der Waals surface area contributed by atoms with Gasteiger partial charge in [0.15, 0.2) is 11.0 Å². The lowest BCUT2D eigenvalue weighted by atomic mass is 10.2. The molecule has 0 amide bonds. The molecule has 7 heteroatoms. The van der Waals surface area contributed by atoms with Crippen molar-refractivity contribution >= 4 is 23.4 Å². The molecule has 25 heavy (non-hydrogen) atoms. The highest BCUT2D eigenvalue weighted by Crippen LogP contribution is 2.33. The molecular weight excluding hydrogens is 356 g/mol. The lowest BCUT2D eigenvalue weighted by molar-refractivity contribution is 0.414. The summed E-state index contributed by atoms with van der Waals surface area (Å²) in [6.07, 6.45) is 0. The van der Waals surface area contributed by atoms with E-state index in [9.17, 15) is 0 Å². The van der Waals surface area contributed by atoms with Crippen LogP contribution < -0.4 is 4.74 Å². The predicted octanol–water partition coefficient (Wildman–Crippen LogP) is 4.60. The van der Waals surface area contributed by atoms with Gasteiger partial charge < -0.3 is 4.74 Å². The Morgan fingerprint density at radius 1 is 1.16 bits per heavy atom. The largest absolute Gasteiger partial charge is 0.497 e. The second kappa shape index (κ2) is 7.60. The molecule has 0 saturated heterocycles. The zero-order valence-electron chi connectivity index (χ0n) is 13.7. The Balaban J connectivity index is 2.16. The second-order valence-corrected chi connectivity index (χ2v) is 6.92. The van der Waals surface area contributed by atoms with Crippen LogP contribution >= 0.6 is 23.4 Å². The van der Waals surface area contributed by atoms with Crippen LogP contribution in [0.5, 0.6) is 5.75 Å². The van der Waals surface area contributed by atoms with Crippen LogP contribution in [0.15, 0.2) is 53.7 Å². The third-order valence-corrected chi connectivity index (χ3v) is 4.81. The van der Waals surface area contributed by atoms with Crippen molar-refractivity contribution in [3.8, 4) is 28.9 Å². The summed E-state index contributed by atoms with van der Waals surface area (Å²) in [4.78, 5) is 0. The van der Waals surface area contributed by atoms with E-state index in [0.29, 0.717) is 16.0 Å². The van der Waals surface area contributed by atoms with E-state index in [2.05, 4.69) is 16.3 Å². The molecule has 0 aliphatic rings. The second-order valence-electron chi connectivity index (χ2n) is 5.21. The maximum Gasteiger partial charge on any atom is 0.197 e. The van der Waals surface area contributed by atoms with E-state index in [4.69, 9.17) is 21.6 Å². The molecule has 1 heterocycles. The van der Waals surface area contributed by atoms with Gasteiger partial charge in [-0.3, -0.25) is 4.57 Å². The summed E-state index contributed by atoms with van der Waals surface area (Å²) >= 11 is 7.70. The average Bonchev–Trinajstić information content (AvgIpc) is 3.05. The number of thioether (sulfide) groups is 1. The minimum atomic E-state index is -0.250. The maximum atomic E-state index is 9.13. The Morgan fingerprint density at radius 2 is 1.88 bits per heavy atom. The smallest absolute Gasteiger partial charge is 0.197 e. The minimum Gasteiger partial charge on any atom is -0.497 e. The van der Waals surface area contributed by atoms with E-state index in [1.54, 1.807) is 7.11 Å². The molecule has 5 nitrogen and oxygen atoms in total. The van der Waals surface area contributed by atoms with Crippen molar-refractivity contribution in [2.24, 2.45) is 0 Å². The fourth-order valence-corrected chi connectivity index (χ4v) is 3.29. The molecule has 0 aliphatic heterocycles. The van der Waals surface area contributed by atoms with Gasteiger partial charge in [0.2, 0.25) is 0 Å². The zero-order chi connectivity index (χ0) is 17.8. The molecule has 0 bridgehead atoms. The number of halogens is 1. The van der Waals surface area contributed by atoms with E-state index in [-0.39, 0.29) is 5.25 Å². The summed E-state index contributed by atoms with van der Waals surface area (Å²) in [5.41, 5.74) is 1.65. The Hall–Kier alpha value is -2.49. The number of hydrogen-bond donors (Lipinski definition) is 0. The predicted molar refractivity (Wildman–Crippen MR) is 99.3 cm³/mol. The van der Waals surface area contributed by atoms with Crippen molar-refractivity contribution in [3.63, 3.8) is 0 Å². The van der Waals surface area contributed by atoms with Gasteiger partial charge in [0.25, 0.3) is 0 Å². The molecule has 0 fully saturated rings. The van der Waals surface area contributed by atoms with Crippen LogP contribution in [0, 0.1) is 11.3 Å². The number of aromatic nitrogens is 3. The van der Waals surface area contributed by atoms with Crippen molar-refractivity contribution in [2.75, 3.05) is 7.11 Å². The maximum absolute atomic E-state index is 9.13. The Bertz CT molecular complexity index is 918. The first-order valence-electron chi connectivity index (χ1n) is 7.55. The van der Waals surface area contributed by atoms with E-state index in [1.807, 2.05) is 60.0 Å². The first-order valence-corrected chi connectivity index (χ1v) is 8.81. The number of rotatable bonds is 5. The quantitative estimate of drug-likeness (QED) is 0.614. The molecule has 1 aromatic heterocycles. The van der Waals surface area contributed by atoms with Gasteiger partial charge in [-0.2, -0.15) is 5.26 Å². The van der Waals surface area contributed by atoms with Crippen LogP contribution in [0.1, 0.15) is 6.92 Å². The Kier molecular flexibility index (Phi) is 5.27. The molecule has 0 radical (unpaired) electrons. The minimum absolute atomic E-state index is 0.250. The van der Waals surface area contributed by atoms with Crippen LogP contribution in [0.25, 0.3) is 17.1 Å². The lowest BCUT2D eigenvalue weighted by Gasteiger charge is -2.12. The van der Waals surface area contributed by atoms with Crippen molar-refractivity contribution < 1.29 is 4.74 Å². The number of nitrogens with zero attached hydrogens (tertiary/aromatic N) is 4. The lowest BCUT2D eigenvalue weighted by Crippen LogP contribution is -2.02. The monoisotopic (exact) mass is 370 g/mol. The van der Waals surface area contributed by atoms with E-state index in [1.165, 1.54) is 11.8 Å². The molecule has 0 N–H and O–H groups in total. The first kappa shape index (κ1) is 17.3. The SMILES string of the molecule is COc1ccc(-n2c(S[C@H](C)C#N)nnc2-c2ccccc2Cl)cc1. The molecule has 2 aromatic carbocycles. The molecule has 0 aliphatic carbocycles. The highest BCUT2D eigenvalue weighted by Gasteiger charge is 2.19. The van der Waals surface area contributed by atoms with Crippen LogP contribution in [0.3, 0.4) is 0 Å². The normalized spacial score (nSPS) is 11.8. The van der Waals surface area contributed by atoms with Gasteiger partial charge in [-0.15, -0.1) is 10.2 Å². The molecule has 126 valence electrons. The first-order chi connectivity index (χ1) is 12.1. The molecule has 0 saturated carbocycles. The summed E-state index contributed by atoms with van der Waals surface area (Å²) < 4.78 is 7.12. The topological polar surface area (TPSA) is 63.7 Å².